The summed E-state index contributed by atoms with van der Waals surface area (Å²) in [4.78, 5) is 0.199. The van der Waals surface area contributed by atoms with Crippen LogP contribution >= 0.6 is 31.9 Å². The molecule has 0 atom stereocenters. The zero-order valence-electron chi connectivity index (χ0n) is 11.2. The normalized spacial score (nSPS) is 20.0. The second kappa shape index (κ2) is 5.57. The zero-order valence-corrected chi connectivity index (χ0v) is 15.2. The van der Waals surface area contributed by atoms with Crippen LogP contribution in [0, 0.1) is 0 Å². The highest BCUT2D eigenvalue weighted by atomic mass is 79.9. The molecule has 2 rings (SSSR count). The van der Waals surface area contributed by atoms with Gasteiger partial charge in [-0.1, -0.05) is 0 Å². The molecule has 0 unspecified atom stereocenters. The third-order valence-electron chi connectivity index (χ3n) is 3.01. The summed E-state index contributed by atoms with van der Waals surface area (Å²) in [5, 5.41) is 0. The SMILES string of the molecule is CC1(C)CN(S(=O)(=O)c2c(Br)cc(N)cc2Br)CCO1. The lowest BCUT2D eigenvalue weighted by molar-refractivity contribution is -0.0640. The predicted octanol–water partition coefficient (Wildman–Crippen LogP) is 2.59. The van der Waals surface area contributed by atoms with Gasteiger partial charge >= 0.3 is 0 Å². The molecule has 0 spiro atoms. The summed E-state index contributed by atoms with van der Waals surface area (Å²) < 4.78 is 33.5. The second-order valence-electron chi connectivity index (χ2n) is 5.26. The number of nitrogens with zero attached hydrogens (tertiary/aromatic N) is 1. The Balaban J connectivity index is 2.46. The summed E-state index contributed by atoms with van der Waals surface area (Å²) in [6.45, 7) is 4.80. The van der Waals surface area contributed by atoms with Crippen molar-refractivity contribution in [3.05, 3.63) is 21.1 Å². The van der Waals surface area contributed by atoms with Gasteiger partial charge in [0.15, 0.2) is 0 Å². The highest BCUT2D eigenvalue weighted by Gasteiger charge is 2.36. The number of morpholine rings is 1. The number of hydrogen-bond acceptors (Lipinski definition) is 4. The summed E-state index contributed by atoms with van der Waals surface area (Å²) in [5.41, 5.74) is 5.71. The van der Waals surface area contributed by atoms with Gasteiger partial charge in [-0.3, -0.25) is 0 Å². The van der Waals surface area contributed by atoms with E-state index in [0.29, 0.717) is 34.3 Å². The van der Waals surface area contributed by atoms with E-state index in [-0.39, 0.29) is 4.90 Å². The van der Waals surface area contributed by atoms with Crippen molar-refractivity contribution in [1.29, 1.82) is 0 Å². The first kappa shape index (κ1) is 16.2. The number of rotatable bonds is 2. The van der Waals surface area contributed by atoms with Crippen molar-refractivity contribution >= 4 is 47.6 Å². The van der Waals surface area contributed by atoms with Crippen LogP contribution in [0.25, 0.3) is 0 Å². The van der Waals surface area contributed by atoms with Gasteiger partial charge in [-0.2, -0.15) is 4.31 Å². The fraction of sp³-hybridized carbons (Fsp3) is 0.500. The molecule has 1 saturated heterocycles. The number of nitrogens with two attached hydrogens (primary N) is 1. The van der Waals surface area contributed by atoms with Crippen molar-refractivity contribution < 1.29 is 13.2 Å². The second-order valence-corrected chi connectivity index (χ2v) is 8.84. The Morgan fingerprint density at radius 3 is 2.35 bits per heavy atom. The molecule has 0 saturated carbocycles. The number of nitrogen functional groups attached to an aromatic ring is 1. The van der Waals surface area contributed by atoms with E-state index < -0.39 is 15.6 Å². The van der Waals surface area contributed by atoms with Gasteiger partial charge in [0.05, 0.1) is 12.2 Å². The highest BCUT2D eigenvalue weighted by Crippen LogP contribution is 2.35. The Hall–Kier alpha value is -0.150. The monoisotopic (exact) mass is 426 g/mol. The Labute approximate surface area is 135 Å². The largest absolute Gasteiger partial charge is 0.399 e. The van der Waals surface area contributed by atoms with Crippen molar-refractivity contribution in [1.82, 2.24) is 4.31 Å². The number of hydrogen-bond donors (Lipinski definition) is 1. The molecule has 0 aliphatic carbocycles. The molecule has 1 heterocycles. The van der Waals surface area contributed by atoms with Crippen LogP contribution in [-0.4, -0.2) is 38.0 Å². The van der Waals surface area contributed by atoms with Crippen LogP contribution in [0.4, 0.5) is 5.69 Å². The minimum absolute atomic E-state index is 0.199. The Kier molecular flexibility index (Phi) is 4.52. The Morgan fingerprint density at radius 1 is 1.30 bits per heavy atom. The summed E-state index contributed by atoms with van der Waals surface area (Å²) in [5.74, 6) is 0. The van der Waals surface area contributed by atoms with Crippen LogP contribution in [-0.2, 0) is 14.8 Å². The van der Waals surface area contributed by atoms with Crippen LogP contribution in [0.2, 0.25) is 0 Å². The molecule has 112 valence electrons. The van der Waals surface area contributed by atoms with Gasteiger partial charge in [0.25, 0.3) is 0 Å². The van der Waals surface area contributed by atoms with E-state index in [2.05, 4.69) is 31.9 Å². The minimum Gasteiger partial charge on any atom is -0.399 e. The smallest absolute Gasteiger partial charge is 0.245 e. The van der Waals surface area contributed by atoms with Crippen LogP contribution in [0.15, 0.2) is 26.0 Å². The van der Waals surface area contributed by atoms with E-state index in [0.717, 1.165) is 0 Å². The van der Waals surface area contributed by atoms with Crippen LogP contribution in [0.5, 0.6) is 0 Å². The predicted molar refractivity (Wildman–Crippen MR) is 85.0 cm³/mol. The van der Waals surface area contributed by atoms with Gasteiger partial charge in [0.2, 0.25) is 10.0 Å². The summed E-state index contributed by atoms with van der Waals surface area (Å²) in [6.07, 6.45) is 0. The van der Waals surface area contributed by atoms with Crippen molar-refractivity contribution in [2.75, 3.05) is 25.4 Å². The standard InChI is InChI=1S/C12H16Br2N2O3S/c1-12(2)7-16(3-4-19-12)20(17,18)11-9(13)5-8(15)6-10(11)14/h5-6H,3-4,7,15H2,1-2H3. The van der Waals surface area contributed by atoms with Crippen molar-refractivity contribution in [2.24, 2.45) is 0 Å². The van der Waals surface area contributed by atoms with Gasteiger partial charge in [-0.15, -0.1) is 0 Å². The summed E-state index contributed by atoms with van der Waals surface area (Å²) in [7, 11) is -3.61. The molecule has 0 radical (unpaired) electrons. The fourth-order valence-corrected chi connectivity index (χ4v) is 6.25. The van der Waals surface area contributed by atoms with Crippen molar-refractivity contribution in [2.45, 2.75) is 24.3 Å². The average molecular weight is 428 g/mol. The lowest BCUT2D eigenvalue weighted by atomic mass is 10.1. The molecular formula is C12H16Br2N2O3S. The van der Waals surface area contributed by atoms with E-state index in [1.165, 1.54) is 4.31 Å². The van der Waals surface area contributed by atoms with Gasteiger partial charge in [-0.25, -0.2) is 8.42 Å². The van der Waals surface area contributed by atoms with E-state index in [1.807, 2.05) is 13.8 Å². The van der Waals surface area contributed by atoms with Gasteiger partial charge in [-0.05, 0) is 57.8 Å². The molecule has 1 aromatic carbocycles. The fourth-order valence-electron chi connectivity index (χ4n) is 2.13. The molecule has 0 amide bonds. The van der Waals surface area contributed by atoms with Crippen molar-refractivity contribution in [3.8, 4) is 0 Å². The maximum atomic E-state index is 12.8. The lowest BCUT2D eigenvalue weighted by Gasteiger charge is -2.37. The van der Waals surface area contributed by atoms with Gasteiger partial charge in [0, 0.05) is 27.7 Å². The molecule has 1 aromatic rings. The molecule has 1 aliphatic heterocycles. The first-order valence-corrected chi connectivity index (χ1v) is 9.05. The number of anilines is 1. The summed E-state index contributed by atoms with van der Waals surface area (Å²) >= 11 is 6.56. The van der Waals surface area contributed by atoms with Crippen LogP contribution in [0.3, 0.4) is 0 Å². The maximum Gasteiger partial charge on any atom is 0.245 e. The molecule has 20 heavy (non-hydrogen) atoms. The average Bonchev–Trinajstić information content (AvgIpc) is 2.25. The molecule has 8 heteroatoms. The minimum atomic E-state index is -3.61. The first-order valence-electron chi connectivity index (χ1n) is 6.02. The molecular weight excluding hydrogens is 412 g/mol. The number of benzene rings is 1. The topological polar surface area (TPSA) is 72.6 Å². The zero-order chi connectivity index (χ0) is 15.1. The van der Waals surface area contributed by atoms with Crippen LogP contribution < -0.4 is 5.73 Å². The van der Waals surface area contributed by atoms with Crippen LogP contribution in [0.1, 0.15) is 13.8 Å². The first-order chi connectivity index (χ1) is 9.13. The lowest BCUT2D eigenvalue weighted by Crippen LogP contribution is -2.50. The van der Waals surface area contributed by atoms with E-state index >= 15 is 0 Å². The van der Waals surface area contributed by atoms with E-state index in [9.17, 15) is 8.42 Å². The Bertz CT molecular complexity index is 609. The van der Waals surface area contributed by atoms with Gasteiger partial charge in [0.1, 0.15) is 4.90 Å². The van der Waals surface area contributed by atoms with E-state index in [4.69, 9.17) is 10.5 Å². The molecule has 1 fully saturated rings. The summed E-state index contributed by atoms with van der Waals surface area (Å²) in [6, 6.07) is 3.17. The number of halogens is 2. The number of ether oxygens (including phenoxy) is 1. The molecule has 5 nitrogen and oxygen atoms in total. The van der Waals surface area contributed by atoms with Crippen molar-refractivity contribution in [3.63, 3.8) is 0 Å². The Morgan fingerprint density at radius 2 is 1.85 bits per heavy atom. The quantitative estimate of drug-likeness (QED) is 0.736. The molecule has 0 bridgehead atoms. The highest BCUT2D eigenvalue weighted by molar-refractivity contribution is 9.11. The maximum absolute atomic E-state index is 12.8. The third kappa shape index (κ3) is 3.19. The van der Waals surface area contributed by atoms with E-state index in [1.54, 1.807) is 12.1 Å². The molecule has 1 aliphatic rings. The number of sulfonamides is 1. The molecule has 2 N–H and O–H groups in total. The van der Waals surface area contributed by atoms with Gasteiger partial charge < -0.3 is 10.5 Å². The third-order valence-corrected chi connectivity index (χ3v) is 6.73. The molecule has 0 aromatic heterocycles.